The van der Waals surface area contributed by atoms with Crippen molar-refractivity contribution in [3.63, 3.8) is 0 Å². The Morgan fingerprint density at radius 1 is 1.12 bits per heavy atom. The molecule has 1 heterocycles. The summed E-state index contributed by atoms with van der Waals surface area (Å²) in [6.45, 7) is 5.01. The number of aliphatic hydroxyl groups is 1. The van der Waals surface area contributed by atoms with E-state index in [1.54, 1.807) is 6.07 Å². The van der Waals surface area contributed by atoms with E-state index in [0.29, 0.717) is 24.6 Å². The first kappa shape index (κ1) is 17.9. The SMILES string of the molecule is CC(NCc1ccc(N2CCC(CO)CC2)cc1)c1ccccc1F. The molecule has 4 heteroatoms. The minimum Gasteiger partial charge on any atom is -0.396 e. The van der Waals surface area contributed by atoms with Crippen LogP contribution in [0.25, 0.3) is 0 Å². The fourth-order valence-electron chi connectivity index (χ4n) is 3.41. The average Bonchev–Trinajstić information content (AvgIpc) is 2.67. The number of piperidine rings is 1. The van der Waals surface area contributed by atoms with Crippen molar-refractivity contribution in [2.75, 3.05) is 24.6 Å². The molecular weight excluding hydrogens is 315 g/mol. The summed E-state index contributed by atoms with van der Waals surface area (Å²) >= 11 is 0. The first-order valence-corrected chi connectivity index (χ1v) is 9.10. The van der Waals surface area contributed by atoms with Gasteiger partial charge in [-0.25, -0.2) is 4.39 Å². The molecule has 1 fully saturated rings. The predicted molar refractivity (Wildman–Crippen MR) is 100 cm³/mol. The van der Waals surface area contributed by atoms with Gasteiger partial charge in [0.25, 0.3) is 0 Å². The highest BCUT2D eigenvalue weighted by Gasteiger charge is 2.18. The highest BCUT2D eigenvalue weighted by atomic mass is 19.1. The van der Waals surface area contributed by atoms with E-state index in [-0.39, 0.29) is 11.9 Å². The molecule has 25 heavy (non-hydrogen) atoms. The van der Waals surface area contributed by atoms with Gasteiger partial charge in [-0.2, -0.15) is 0 Å². The van der Waals surface area contributed by atoms with Crippen molar-refractivity contribution in [1.29, 1.82) is 0 Å². The number of nitrogens with zero attached hydrogens (tertiary/aromatic N) is 1. The molecule has 1 unspecified atom stereocenters. The maximum absolute atomic E-state index is 13.8. The van der Waals surface area contributed by atoms with E-state index in [1.165, 1.54) is 17.3 Å². The summed E-state index contributed by atoms with van der Waals surface area (Å²) in [7, 11) is 0. The van der Waals surface area contributed by atoms with Crippen LogP contribution in [-0.4, -0.2) is 24.8 Å². The normalized spacial score (nSPS) is 16.8. The maximum atomic E-state index is 13.8. The van der Waals surface area contributed by atoms with Gasteiger partial charge >= 0.3 is 0 Å². The molecule has 1 aliphatic rings. The van der Waals surface area contributed by atoms with E-state index in [4.69, 9.17) is 0 Å². The molecule has 1 aliphatic heterocycles. The number of hydrogen-bond donors (Lipinski definition) is 2. The van der Waals surface area contributed by atoms with Gasteiger partial charge in [0.2, 0.25) is 0 Å². The summed E-state index contributed by atoms with van der Waals surface area (Å²) < 4.78 is 13.8. The molecule has 0 saturated carbocycles. The molecule has 1 atom stereocenters. The smallest absolute Gasteiger partial charge is 0.127 e. The third kappa shape index (κ3) is 4.59. The molecule has 0 aliphatic carbocycles. The molecule has 2 aromatic rings. The topological polar surface area (TPSA) is 35.5 Å². The number of aliphatic hydroxyl groups excluding tert-OH is 1. The zero-order valence-corrected chi connectivity index (χ0v) is 14.8. The van der Waals surface area contributed by atoms with Crippen LogP contribution in [0.3, 0.4) is 0 Å². The molecular formula is C21H27FN2O. The maximum Gasteiger partial charge on any atom is 0.127 e. The van der Waals surface area contributed by atoms with E-state index in [1.807, 2.05) is 19.1 Å². The van der Waals surface area contributed by atoms with Crippen LogP contribution < -0.4 is 10.2 Å². The predicted octanol–water partition coefficient (Wildman–Crippen LogP) is 3.89. The molecule has 1 saturated heterocycles. The molecule has 0 bridgehead atoms. The minimum atomic E-state index is -0.163. The van der Waals surface area contributed by atoms with Crippen LogP contribution in [0.15, 0.2) is 48.5 Å². The number of halogens is 1. The molecule has 0 radical (unpaired) electrons. The first-order valence-electron chi connectivity index (χ1n) is 9.10. The molecule has 3 nitrogen and oxygen atoms in total. The van der Waals surface area contributed by atoms with Crippen LogP contribution in [0.4, 0.5) is 10.1 Å². The van der Waals surface area contributed by atoms with Gasteiger partial charge in [-0.05, 0) is 49.4 Å². The van der Waals surface area contributed by atoms with Crippen molar-refractivity contribution in [3.05, 3.63) is 65.5 Å². The van der Waals surface area contributed by atoms with Crippen LogP contribution in [0.1, 0.15) is 36.9 Å². The third-order valence-electron chi connectivity index (χ3n) is 5.16. The second kappa shape index (κ2) is 8.45. The van der Waals surface area contributed by atoms with Crippen LogP contribution in [-0.2, 0) is 6.54 Å². The van der Waals surface area contributed by atoms with Gasteiger partial charge in [0.1, 0.15) is 5.82 Å². The average molecular weight is 342 g/mol. The minimum absolute atomic E-state index is 0.0293. The van der Waals surface area contributed by atoms with Gasteiger partial charge in [-0.1, -0.05) is 30.3 Å². The zero-order chi connectivity index (χ0) is 17.6. The fourth-order valence-corrected chi connectivity index (χ4v) is 3.41. The summed E-state index contributed by atoms with van der Waals surface area (Å²) in [5.74, 6) is 0.295. The molecule has 0 aromatic heterocycles. The molecule has 0 spiro atoms. The van der Waals surface area contributed by atoms with Crippen molar-refractivity contribution in [2.45, 2.75) is 32.4 Å². The Hall–Kier alpha value is -1.91. The van der Waals surface area contributed by atoms with Gasteiger partial charge < -0.3 is 15.3 Å². The largest absolute Gasteiger partial charge is 0.396 e. The number of nitrogens with one attached hydrogen (secondary N) is 1. The Balaban J connectivity index is 1.54. The van der Waals surface area contributed by atoms with Crippen LogP contribution in [0.2, 0.25) is 0 Å². The summed E-state index contributed by atoms with van der Waals surface area (Å²) in [6.07, 6.45) is 2.11. The lowest BCUT2D eigenvalue weighted by atomic mass is 9.97. The van der Waals surface area contributed by atoms with Gasteiger partial charge in [0.05, 0.1) is 0 Å². The summed E-state index contributed by atoms with van der Waals surface area (Å²) in [4.78, 5) is 2.38. The lowest BCUT2D eigenvalue weighted by Gasteiger charge is -2.33. The number of rotatable bonds is 6. The van der Waals surface area contributed by atoms with E-state index >= 15 is 0 Å². The van der Waals surface area contributed by atoms with Crippen molar-refractivity contribution in [2.24, 2.45) is 5.92 Å². The second-order valence-electron chi connectivity index (χ2n) is 6.90. The Kier molecular flexibility index (Phi) is 6.05. The third-order valence-corrected chi connectivity index (χ3v) is 5.16. The van der Waals surface area contributed by atoms with E-state index in [0.717, 1.165) is 25.9 Å². The highest BCUT2D eigenvalue weighted by Crippen LogP contribution is 2.23. The molecule has 2 aromatic carbocycles. The Morgan fingerprint density at radius 3 is 2.44 bits per heavy atom. The summed E-state index contributed by atoms with van der Waals surface area (Å²) in [5, 5.41) is 12.6. The standard InChI is InChI=1S/C21H27FN2O/c1-16(20-4-2-3-5-21(20)22)23-14-17-6-8-19(9-7-17)24-12-10-18(15-25)11-13-24/h2-9,16,18,23,25H,10-15H2,1H3. The first-order chi connectivity index (χ1) is 12.2. The van der Waals surface area contributed by atoms with Crippen molar-refractivity contribution >= 4 is 5.69 Å². The van der Waals surface area contributed by atoms with Gasteiger partial charge in [-0.3, -0.25) is 0 Å². The van der Waals surface area contributed by atoms with E-state index in [2.05, 4.69) is 34.5 Å². The lowest BCUT2D eigenvalue weighted by Crippen LogP contribution is -2.34. The van der Waals surface area contributed by atoms with Crippen molar-refractivity contribution in [3.8, 4) is 0 Å². The van der Waals surface area contributed by atoms with Gasteiger partial charge in [0.15, 0.2) is 0 Å². The number of hydrogen-bond acceptors (Lipinski definition) is 3. The van der Waals surface area contributed by atoms with Crippen molar-refractivity contribution in [1.82, 2.24) is 5.32 Å². The summed E-state index contributed by atoms with van der Waals surface area (Å²) in [6, 6.07) is 15.5. The molecule has 0 amide bonds. The second-order valence-corrected chi connectivity index (χ2v) is 6.90. The molecule has 3 rings (SSSR count). The van der Waals surface area contributed by atoms with E-state index < -0.39 is 0 Å². The monoisotopic (exact) mass is 342 g/mol. The Morgan fingerprint density at radius 2 is 1.80 bits per heavy atom. The number of benzene rings is 2. The lowest BCUT2D eigenvalue weighted by molar-refractivity contribution is 0.203. The Bertz CT molecular complexity index is 666. The summed E-state index contributed by atoms with van der Waals surface area (Å²) in [5.41, 5.74) is 3.13. The highest BCUT2D eigenvalue weighted by molar-refractivity contribution is 5.48. The Labute approximate surface area is 149 Å². The van der Waals surface area contributed by atoms with Gasteiger partial charge in [-0.15, -0.1) is 0 Å². The van der Waals surface area contributed by atoms with Gasteiger partial charge in [0, 0.05) is 43.5 Å². The van der Waals surface area contributed by atoms with Crippen LogP contribution in [0.5, 0.6) is 0 Å². The fraction of sp³-hybridized carbons (Fsp3) is 0.429. The quantitative estimate of drug-likeness (QED) is 0.836. The molecule has 134 valence electrons. The molecule has 2 N–H and O–H groups in total. The van der Waals surface area contributed by atoms with Crippen molar-refractivity contribution < 1.29 is 9.50 Å². The van der Waals surface area contributed by atoms with Crippen LogP contribution >= 0.6 is 0 Å². The number of anilines is 1. The van der Waals surface area contributed by atoms with Crippen LogP contribution in [0, 0.1) is 11.7 Å². The van der Waals surface area contributed by atoms with E-state index in [9.17, 15) is 9.50 Å². The zero-order valence-electron chi connectivity index (χ0n) is 14.8.